The molecule has 1 N–H and O–H groups in total. The van der Waals surface area contributed by atoms with E-state index in [-0.39, 0.29) is 0 Å². The maximum absolute atomic E-state index is 4.60. The molecule has 0 atom stereocenters. The predicted molar refractivity (Wildman–Crippen MR) is 87.8 cm³/mol. The second kappa shape index (κ2) is 5.98. The number of hydrogen-bond acceptors (Lipinski definition) is 5. The SMILES string of the molecule is Cc1sc(NN=Cc2cccs2)nc1-c1ccccc1. The molecule has 20 heavy (non-hydrogen) atoms. The lowest BCUT2D eigenvalue weighted by Gasteiger charge is -1.96. The Hall–Kier alpha value is -1.98. The number of nitrogens with one attached hydrogen (secondary N) is 1. The summed E-state index contributed by atoms with van der Waals surface area (Å²) in [6.07, 6.45) is 1.81. The molecule has 0 unspecified atom stereocenters. The van der Waals surface area contributed by atoms with Gasteiger partial charge in [0.15, 0.2) is 0 Å². The molecule has 0 aliphatic rings. The number of thiophene rings is 1. The third kappa shape index (κ3) is 2.95. The lowest BCUT2D eigenvalue weighted by molar-refractivity contribution is 1.28. The van der Waals surface area contributed by atoms with E-state index in [9.17, 15) is 0 Å². The zero-order valence-corrected chi connectivity index (χ0v) is 12.5. The van der Waals surface area contributed by atoms with Crippen LogP contribution in [0.25, 0.3) is 11.3 Å². The third-order valence-corrected chi connectivity index (χ3v) is 4.42. The highest BCUT2D eigenvalue weighted by atomic mass is 32.1. The summed E-state index contributed by atoms with van der Waals surface area (Å²) >= 11 is 3.27. The Labute approximate surface area is 125 Å². The highest BCUT2D eigenvalue weighted by molar-refractivity contribution is 7.16. The number of rotatable bonds is 4. The van der Waals surface area contributed by atoms with Crippen molar-refractivity contribution in [2.24, 2.45) is 5.10 Å². The molecule has 0 saturated heterocycles. The van der Waals surface area contributed by atoms with Crippen LogP contribution in [0.1, 0.15) is 9.75 Å². The third-order valence-electron chi connectivity index (χ3n) is 2.74. The Balaban J connectivity index is 1.76. The summed E-state index contributed by atoms with van der Waals surface area (Å²) in [6.45, 7) is 2.08. The average Bonchev–Trinajstić information content (AvgIpc) is 3.10. The first-order valence-electron chi connectivity index (χ1n) is 6.18. The number of hydrazone groups is 1. The molecule has 5 heteroatoms. The van der Waals surface area contributed by atoms with Crippen LogP contribution >= 0.6 is 22.7 Å². The van der Waals surface area contributed by atoms with Gasteiger partial charge in [0, 0.05) is 15.3 Å². The molecule has 0 saturated carbocycles. The lowest BCUT2D eigenvalue weighted by Crippen LogP contribution is -1.88. The molecule has 100 valence electrons. The first-order valence-corrected chi connectivity index (χ1v) is 7.88. The number of aryl methyl sites for hydroxylation is 1. The van der Waals surface area contributed by atoms with Gasteiger partial charge in [-0.25, -0.2) is 4.98 Å². The van der Waals surface area contributed by atoms with Gasteiger partial charge in [-0.2, -0.15) is 5.10 Å². The van der Waals surface area contributed by atoms with Gasteiger partial charge in [-0.05, 0) is 18.4 Å². The van der Waals surface area contributed by atoms with Crippen molar-refractivity contribution < 1.29 is 0 Å². The molecule has 1 aromatic carbocycles. The van der Waals surface area contributed by atoms with Crippen LogP contribution < -0.4 is 5.43 Å². The number of hydrogen-bond donors (Lipinski definition) is 1. The molecule has 0 fully saturated rings. The van der Waals surface area contributed by atoms with Gasteiger partial charge in [-0.1, -0.05) is 36.4 Å². The van der Waals surface area contributed by atoms with Gasteiger partial charge in [-0.15, -0.1) is 22.7 Å². The van der Waals surface area contributed by atoms with Crippen molar-refractivity contribution in [2.75, 3.05) is 5.43 Å². The summed E-state index contributed by atoms with van der Waals surface area (Å²) in [4.78, 5) is 6.90. The van der Waals surface area contributed by atoms with Crippen LogP contribution in [0.4, 0.5) is 5.13 Å². The fourth-order valence-electron chi connectivity index (χ4n) is 1.82. The summed E-state index contributed by atoms with van der Waals surface area (Å²) in [5.41, 5.74) is 5.15. The molecule has 0 aliphatic carbocycles. The first-order chi connectivity index (χ1) is 9.83. The summed E-state index contributed by atoms with van der Waals surface area (Å²) in [7, 11) is 0. The Morgan fingerprint density at radius 1 is 1.15 bits per heavy atom. The number of aromatic nitrogens is 1. The highest BCUT2D eigenvalue weighted by Crippen LogP contribution is 2.30. The Morgan fingerprint density at radius 3 is 2.75 bits per heavy atom. The Kier molecular flexibility index (Phi) is 3.90. The van der Waals surface area contributed by atoms with Crippen molar-refractivity contribution in [1.29, 1.82) is 0 Å². The largest absolute Gasteiger partial charge is 0.253 e. The Bertz CT molecular complexity index is 700. The van der Waals surface area contributed by atoms with Crippen molar-refractivity contribution in [3.63, 3.8) is 0 Å². The van der Waals surface area contributed by atoms with Gasteiger partial charge in [0.2, 0.25) is 5.13 Å². The van der Waals surface area contributed by atoms with Crippen molar-refractivity contribution >= 4 is 34.0 Å². The number of anilines is 1. The molecule has 0 radical (unpaired) electrons. The van der Waals surface area contributed by atoms with E-state index in [1.807, 2.05) is 41.9 Å². The zero-order valence-electron chi connectivity index (χ0n) is 10.9. The van der Waals surface area contributed by atoms with E-state index in [1.54, 1.807) is 22.7 Å². The lowest BCUT2D eigenvalue weighted by atomic mass is 10.1. The standard InChI is InChI=1S/C15H13N3S2/c1-11-14(12-6-3-2-4-7-12)17-15(20-11)18-16-10-13-8-5-9-19-13/h2-10H,1H3,(H,17,18). The van der Waals surface area contributed by atoms with Crippen molar-refractivity contribution in [3.05, 3.63) is 57.6 Å². The molecular weight excluding hydrogens is 286 g/mol. The van der Waals surface area contributed by atoms with Crippen molar-refractivity contribution in [3.8, 4) is 11.3 Å². The molecule has 0 bridgehead atoms. The van der Waals surface area contributed by atoms with Crippen LogP contribution in [0.2, 0.25) is 0 Å². The van der Waals surface area contributed by atoms with E-state index in [4.69, 9.17) is 0 Å². The smallest absolute Gasteiger partial charge is 0.204 e. The monoisotopic (exact) mass is 299 g/mol. The van der Waals surface area contributed by atoms with Gasteiger partial charge in [-0.3, -0.25) is 5.43 Å². The van der Waals surface area contributed by atoms with Crippen LogP contribution in [0.15, 0.2) is 52.9 Å². The van der Waals surface area contributed by atoms with E-state index >= 15 is 0 Å². The number of thiazole rings is 1. The molecule has 0 spiro atoms. The second-order valence-corrected chi connectivity index (χ2v) is 6.36. The molecule has 0 aliphatic heterocycles. The fourth-order valence-corrected chi connectivity index (χ4v) is 3.19. The van der Waals surface area contributed by atoms with E-state index in [1.165, 1.54) is 4.88 Å². The topological polar surface area (TPSA) is 37.3 Å². The molecule has 3 rings (SSSR count). The van der Waals surface area contributed by atoms with Gasteiger partial charge >= 0.3 is 0 Å². The van der Waals surface area contributed by atoms with E-state index in [2.05, 4.69) is 34.6 Å². The molecule has 0 amide bonds. The van der Waals surface area contributed by atoms with E-state index in [0.29, 0.717) is 0 Å². The van der Waals surface area contributed by atoms with Gasteiger partial charge in [0.25, 0.3) is 0 Å². The van der Waals surface area contributed by atoms with Crippen LogP contribution in [-0.2, 0) is 0 Å². The minimum absolute atomic E-state index is 0.814. The molecular formula is C15H13N3S2. The molecule has 2 aromatic heterocycles. The normalized spacial score (nSPS) is 11.1. The first kappa shape index (κ1) is 13.0. The van der Waals surface area contributed by atoms with E-state index in [0.717, 1.165) is 21.3 Å². The Morgan fingerprint density at radius 2 is 2.00 bits per heavy atom. The maximum Gasteiger partial charge on any atom is 0.204 e. The highest BCUT2D eigenvalue weighted by Gasteiger charge is 2.08. The summed E-state index contributed by atoms with van der Waals surface area (Å²) in [6, 6.07) is 14.2. The van der Waals surface area contributed by atoms with Crippen LogP contribution in [0.5, 0.6) is 0 Å². The quantitative estimate of drug-likeness (QED) is 0.563. The van der Waals surface area contributed by atoms with Crippen molar-refractivity contribution in [2.45, 2.75) is 6.92 Å². The molecule has 2 heterocycles. The predicted octanol–water partition coefficient (Wildman–Crippen LogP) is 4.63. The second-order valence-electron chi connectivity index (χ2n) is 4.18. The summed E-state index contributed by atoms with van der Waals surface area (Å²) in [5.74, 6) is 0. The average molecular weight is 299 g/mol. The molecule has 3 aromatic rings. The van der Waals surface area contributed by atoms with Gasteiger partial charge in [0.05, 0.1) is 11.9 Å². The minimum atomic E-state index is 0.814. The number of benzene rings is 1. The zero-order chi connectivity index (χ0) is 13.8. The van der Waals surface area contributed by atoms with Gasteiger partial charge < -0.3 is 0 Å². The maximum atomic E-state index is 4.60. The van der Waals surface area contributed by atoms with Crippen LogP contribution in [-0.4, -0.2) is 11.2 Å². The van der Waals surface area contributed by atoms with Gasteiger partial charge in [0.1, 0.15) is 0 Å². The van der Waals surface area contributed by atoms with E-state index < -0.39 is 0 Å². The summed E-state index contributed by atoms with van der Waals surface area (Å²) in [5, 5.41) is 7.06. The summed E-state index contributed by atoms with van der Waals surface area (Å²) < 4.78 is 0. The minimum Gasteiger partial charge on any atom is -0.253 e. The molecule has 3 nitrogen and oxygen atoms in total. The van der Waals surface area contributed by atoms with Crippen LogP contribution in [0, 0.1) is 6.92 Å². The van der Waals surface area contributed by atoms with Crippen molar-refractivity contribution in [1.82, 2.24) is 4.98 Å². The fraction of sp³-hybridized carbons (Fsp3) is 0.0667. The van der Waals surface area contributed by atoms with Crippen LogP contribution in [0.3, 0.4) is 0 Å². The number of nitrogens with zero attached hydrogens (tertiary/aromatic N) is 2.